The number of morpholine rings is 1. The molecule has 1 saturated heterocycles. The SMILES string of the molecule is CC1CN(C(=O)c2cc(C(=O)O)co2)C(C)CO1. The third-order valence-corrected chi connectivity index (χ3v) is 2.93. The first kappa shape index (κ1) is 12.6. The van der Waals surface area contributed by atoms with E-state index in [9.17, 15) is 9.59 Å². The Labute approximate surface area is 104 Å². The molecule has 6 heteroatoms. The minimum atomic E-state index is -1.11. The minimum Gasteiger partial charge on any atom is -0.478 e. The van der Waals surface area contributed by atoms with Gasteiger partial charge in [-0.05, 0) is 13.8 Å². The van der Waals surface area contributed by atoms with E-state index in [2.05, 4.69) is 0 Å². The molecule has 6 nitrogen and oxygen atoms in total. The van der Waals surface area contributed by atoms with E-state index in [1.54, 1.807) is 4.90 Å². The van der Waals surface area contributed by atoms with Gasteiger partial charge in [0.05, 0.1) is 24.3 Å². The van der Waals surface area contributed by atoms with Gasteiger partial charge in [-0.15, -0.1) is 0 Å². The Hall–Kier alpha value is -1.82. The molecule has 0 aliphatic carbocycles. The summed E-state index contributed by atoms with van der Waals surface area (Å²) in [6.45, 7) is 4.71. The molecule has 0 spiro atoms. The third-order valence-electron chi connectivity index (χ3n) is 2.93. The largest absolute Gasteiger partial charge is 0.478 e. The number of amides is 1. The second-order valence-corrected chi connectivity index (χ2v) is 4.46. The van der Waals surface area contributed by atoms with Gasteiger partial charge in [-0.1, -0.05) is 0 Å². The molecule has 1 aromatic heterocycles. The highest BCUT2D eigenvalue weighted by Gasteiger charge is 2.30. The lowest BCUT2D eigenvalue weighted by Gasteiger charge is -2.36. The van der Waals surface area contributed by atoms with Crippen molar-refractivity contribution < 1.29 is 23.8 Å². The zero-order valence-corrected chi connectivity index (χ0v) is 10.3. The van der Waals surface area contributed by atoms with Crippen LogP contribution in [0.2, 0.25) is 0 Å². The lowest BCUT2D eigenvalue weighted by atomic mass is 10.2. The summed E-state index contributed by atoms with van der Waals surface area (Å²) in [5.74, 6) is -1.36. The van der Waals surface area contributed by atoms with E-state index < -0.39 is 5.97 Å². The van der Waals surface area contributed by atoms with Gasteiger partial charge in [0.1, 0.15) is 6.26 Å². The molecular formula is C12H15NO5. The molecule has 1 N–H and O–H groups in total. The van der Waals surface area contributed by atoms with E-state index in [1.807, 2.05) is 13.8 Å². The Kier molecular flexibility index (Phi) is 3.38. The quantitative estimate of drug-likeness (QED) is 0.857. The van der Waals surface area contributed by atoms with Crippen molar-refractivity contribution in [1.82, 2.24) is 4.90 Å². The van der Waals surface area contributed by atoms with Gasteiger partial charge in [0, 0.05) is 12.6 Å². The summed E-state index contributed by atoms with van der Waals surface area (Å²) in [5.41, 5.74) is -0.0210. The Bertz CT molecular complexity index is 467. The monoisotopic (exact) mass is 253 g/mol. The summed E-state index contributed by atoms with van der Waals surface area (Å²) in [4.78, 5) is 24.5. The average molecular weight is 253 g/mol. The molecule has 1 aliphatic heterocycles. The van der Waals surface area contributed by atoms with Gasteiger partial charge in [0.25, 0.3) is 5.91 Å². The molecule has 2 rings (SSSR count). The van der Waals surface area contributed by atoms with Gasteiger partial charge in [0.15, 0.2) is 5.76 Å². The van der Waals surface area contributed by atoms with Gasteiger partial charge in [0.2, 0.25) is 0 Å². The number of carbonyl (C=O) groups is 2. The highest BCUT2D eigenvalue weighted by Crippen LogP contribution is 2.17. The van der Waals surface area contributed by atoms with Crippen molar-refractivity contribution in [2.45, 2.75) is 26.0 Å². The summed E-state index contributed by atoms with van der Waals surface area (Å²) >= 11 is 0. The molecule has 1 aliphatic rings. The normalized spacial score (nSPS) is 24.0. The van der Waals surface area contributed by atoms with E-state index in [0.717, 1.165) is 6.26 Å². The molecule has 2 heterocycles. The molecule has 1 fully saturated rings. The van der Waals surface area contributed by atoms with Gasteiger partial charge in [-0.2, -0.15) is 0 Å². The van der Waals surface area contributed by atoms with Crippen LogP contribution in [0, 0.1) is 0 Å². The van der Waals surface area contributed by atoms with Crippen LogP contribution in [0.5, 0.6) is 0 Å². The molecule has 0 aromatic carbocycles. The van der Waals surface area contributed by atoms with Crippen molar-refractivity contribution >= 4 is 11.9 Å². The van der Waals surface area contributed by atoms with Crippen molar-refractivity contribution in [1.29, 1.82) is 0 Å². The van der Waals surface area contributed by atoms with E-state index in [4.69, 9.17) is 14.3 Å². The summed E-state index contributed by atoms with van der Waals surface area (Å²) in [7, 11) is 0. The number of carboxylic acids is 1. The highest BCUT2D eigenvalue weighted by molar-refractivity contribution is 5.95. The second kappa shape index (κ2) is 4.81. The average Bonchev–Trinajstić information content (AvgIpc) is 2.81. The Morgan fingerprint density at radius 1 is 1.44 bits per heavy atom. The van der Waals surface area contributed by atoms with Gasteiger partial charge in [-0.3, -0.25) is 4.79 Å². The zero-order chi connectivity index (χ0) is 13.3. The molecule has 1 amide bonds. The number of nitrogens with zero attached hydrogens (tertiary/aromatic N) is 1. The number of ether oxygens (including phenoxy) is 1. The fourth-order valence-corrected chi connectivity index (χ4v) is 1.89. The molecule has 98 valence electrons. The Morgan fingerprint density at radius 3 is 2.78 bits per heavy atom. The summed E-state index contributed by atoms with van der Waals surface area (Å²) in [6.07, 6.45) is 1.04. The first-order valence-electron chi connectivity index (χ1n) is 5.73. The molecule has 18 heavy (non-hydrogen) atoms. The van der Waals surface area contributed by atoms with Crippen LogP contribution in [-0.2, 0) is 4.74 Å². The summed E-state index contributed by atoms with van der Waals surface area (Å²) in [5, 5.41) is 8.78. The third kappa shape index (κ3) is 2.38. The lowest BCUT2D eigenvalue weighted by molar-refractivity contribution is -0.0396. The van der Waals surface area contributed by atoms with Crippen molar-refractivity contribution in [3.8, 4) is 0 Å². The van der Waals surface area contributed by atoms with Crippen LogP contribution in [0.15, 0.2) is 16.7 Å². The molecule has 2 unspecified atom stereocenters. The predicted octanol–water partition coefficient (Wildman–Crippen LogP) is 1.23. The smallest absolute Gasteiger partial charge is 0.338 e. The van der Waals surface area contributed by atoms with E-state index >= 15 is 0 Å². The van der Waals surface area contributed by atoms with E-state index in [1.165, 1.54) is 6.07 Å². The number of hydrogen-bond donors (Lipinski definition) is 1. The Balaban J connectivity index is 2.16. The molecule has 1 aromatic rings. The maximum Gasteiger partial charge on any atom is 0.338 e. The molecule has 0 radical (unpaired) electrons. The van der Waals surface area contributed by atoms with Crippen molar-refractivity contribution in [2.24, 2.45) is 0 Å². The van der Waals surface area contributed by atoms with Crippen molar-refractivity contribution in [2.75, 3.05) is 13.2 Å². The fraction of sp³-hybridized carbons (Fsp3) is 0.500. The topological polar surface area (TPSA) is 80.0 Å². The van der Waals surface area contributed by atoms with Crippen LogP contribution in [0.25, 0.3) is 0 Å². The van der Waals surface area contributed by atoms with Crippen LogP contribution < -0.4 is 0 Å². The van der Waals surface area contributed by atoms with Gasteiger partial charge in [-0.25, -0.2) is 4.79 Å². The van der Waals surface area contributed by atoms with Crippen molar-refractivity contribution in [3.63, 3.8) is 0 Å². The number of carbonyl (C=O) groups excluding carboxylic acids is 1. The maximum absolute atomic E-state index is 12.2. The summed E-state index contributed by atoms with van der Waals surface area (Å²) < 4.78 is 10.4. The molecule has 2 atom stereocenters. The van der Waals surface area contributed by atoms with Gasteiger partial charge < -0.3 is 19.2 Å². The fourth-order valence-electron chi connectivity index (χ4n) is 1.89. The van der Waals surface area contributed by atoms with Crippen LogP contribution in [0.1, 0.15) is 34.8 Å². The molecular weight excluding hydrogens is 238 g/mol. The first-order valence-corrected chi connectivity index (χ1v) is 5.73. The lowest BCUT2D eigenvalue weighted by Crippen LogP contribution is -2.50. The summed E-state index contributed by atoms with van der Waals surface area (Å²) in [6, 6.07) is 1.20. The van der Waals surface area contributed by atoms with E-state index in [0.29, 0.717) is 13.2 Å². The number of furan rings is 1. The van der Waals surface area contributed by atoms with Crippen LogP contribution in [0.4, 0.5) is 0 Å². The first-order chi connectivity index (χ1) is 8.49. The minimum absolute atomic E-state index is 0.0210. The second-order valence-electron chi connectivity index (χ2n) is 4.46. The molecule has 0 bridgehead atoms. The predicted molar refractivity (Wildman–Crippen MR) is 61.6 cm³/mol. The zero-order valence-electron chi connectivity index (χ0n) is 10.3. The van der Waals surface area contributed by atoms with Gasteiger partial charge >= 0.3 is 5.97 Å². The highest BCUT2D eigenvalue weighted by atomic mass is 16.5. The number of carboxylic acid groups (broad SMARTS) is 1. The van der Waals surface area contributed by atoms with Crippen LogP contribution in [0.3, 0.4) is 0 Å². The number of aromatic carboxylic acids is 1. The molecule has 0 saturated carbocycles. The van der Waals surface area contributed by atoms with E-state index in [-0.39, 0.29) is 29.4 Å². The standard InChI is InChI=1S/C12H15NO5/c1-7-5-17-8(2)4-13(7)11(14)10-3-9(6-18-10)12(15)16/h3,6-8H,4-5H2,1-2H3,(H,15,16). The number of hydrogen-bond acceptors (Lipinski definition) is 4. The van der Waals surface area contributed by atoms with Crippen molar-refractivity contribution in [3.05, 3.63) is 23.7 Å². The Morgan fingerprint density at radius 2 is 2.17 bits per heavy atom. The van der Waals surface area contributed by atoms with Crippen LogP contribution in [-0.4, -0.2) is 47.2 Å². The number of rotatable bonds is 2. The maximum atomic E-state index is 12.2. The van der Waals surface area contributed by atoms with Crippen LogP contribution >= 0.6 is 0 Å².